The predicted molar refractivity (Wildman–Crippen MR) is 114 cm³/mol. The molecule has 1 fully saturated rings. The van der Waals surface area contributed by atoms with E-state index in [2.05, 4.69) is 10.3 Å². The molecule has 146 valence electrons. The van der Waals surface area contributed by atoms with Crippen molar-refractivity contribution >= 4 is 51.7 Å². The fraction of sp³-hybridized carbons (Fsp3) is 0.250. The maximum Gasteiger partial charge on any atom is 0.238 e. The number of hydrogen-bond acceptors (Lipinski definition) is 5. The maximum atomic E-state index is 12.7. The van der Waals surface area contributed by atoms with Gasteiger partial charge in [0, 0.05) is 29.7 Å². The maximum absolute atomic E-state index is 12.7. The van der Waals surface area contributed by atoms with E-state index in [1.165, 1.54) is 11.8 Å². The van der Waals surface area contributed by atoms with Gasteiger partial charge in [0.25, 0.3) is 0 Å². The molecule has 28 heavy (non-hydrogen) atoms. The molecule has 3 rings (SSSR count). The summed E-state index contributed by atoms with van der Waals surface area (Å²) >= 11 is 7.20. The first-order chi connectivity index (χ1) is 13.5. The molecule has 0 bridgehead atoms. The summed E-state index contributed by atoms with van der Waals surface area (Å²) in [5.74, 6) is 0.276. The van der Waals surface area contributed by atoms with E-state index in [0.29, 0.717) is 33.9 Å². The molecule has 0 aromatic heterocycles. The van der Waals surface area contributed by atoms with Crippen molar-refractivity contribution in [1.29, 1.82) is 0 Å². The lowest BCUT2D eigenvalue weighted by atomic mass is 10.2. The smallest absolute Gasteiger partial charge is 0.238 e. The molecule has 2 aromatic carbocycles. The summed E-state index contributed by atoms with van der Waals surface area (Å²) in [6.07, 6.45) is 0.119. The summed E-state index contributed by atoms with van der Waals surface area (Å²) in [5, 5.41) is 3.40. The van der Waals surface area contributed by atoms with Crippen molar-refractivity contribution in [1.82, 2.24) is 4.90 Å². The van der Waals surface area contributed by atoms with E-state index in [0.717, 1.165) is 0 Å². The van der Waals surface area contributed by atoms with Crippen LogP contribution in [0.25, 0.3) is 0 Å². The van der Waals surface area contributed by atoms with Crippen molar-refractivity contribution in [3.8, 4) is 5.75 Å². The Labute approximate surface area is 172 Å². The van der Waals surface area contributed by atoms with Gasteiger partial charge in [0.2, 0.25) is 11.8 Å². The number of nitrogens with one attached hydrogen (secondary N) is 1. The molecule has 1 N–H and O–H groups in total. The Hall–Kier alpha value is -2.51. The number of benzene rings is 2. The van der Waals surface area contributed by atoms with Crippen LogP contribution in [-0.2, 0) is 9.59 Å². The number of nitrogens with zero attached hydrogens (tertiary/aromatic N) is 2. The summed E-state index contributed by atoms with van der Waals surface area (Å²) in [7, 11) is 1.56. The highest BCUT2D eigenvalue weighted by atomic mass is 35.5. The van der Waals surface area contributed by atoms with E-state index in [-0.39, 0.29) is 18.2 Å². The fourth-order valence-corrected chi connectivity index (χ4v) is 3.99. The molecule has 1 unspecified atom stereocenters. The minimum Gasteiger partial charge on any atom is -0.497 e. The molecule has 0 aliphatic carbocycles. The molecule has 1 atom stereocenters. The van der Waals surface area contributed by atoms with Crippen LogP contribution in [0.1, 0.15) is 13.3 Å². The number of ether oxygens (including phenoxy) is 1. The average Bonchev–Trinajstić information content (AvgIpc) is 2.69. The number of carbonyl (C=O) groups is 2. The van der Waals surface area contributed by atoms with Crippen LogP contribution >= 0.6 is 23.4 Å². The van der Waals surface area contributed by atoms with Crippen LogP contribution in [0.2, 0.25) is 5.02 Å². The zero-order valence-corrected chi connectivity index (χ0v) is 17.1. The van der Waals surface area contributed by atoms with Crippen molar-refractivity contribution in [2.45, 2.75) is 18.6 Å². The number of methoxy groups -OCH3 is 1. The Morgan fingerprint density at radius 3 is 2.75 bits per heavy atom. The Morgan fingerprint density at radius 2 is 2.07 bits per heavy atom. The van der Waals surface area contributed by atoms with Gasteiger partial charge in [-0.25, -0.2) is 4.99 Å². The van der Waals surface area contributed by atoms with Gasteiger partial charge in [0.1, 0.15) is 11.0 Å². The van der Waals surface area contributed by atoms with Gasteiger partial charge in [-0.2, -0.15) is 0 Å². The summed E-state index contributed by atoms with van der Waals surface area (Å²) in [6, 6.07) is 14.1. The second kappa shape index (κ2) is 9.12. The summed E-state index contributed by atoms with van der Waals surface area (Å²) in [4.78, 5) is 31.4. The average molecular weight is 418 g/mol. The van der Waals surface area contributed by atoms with Gasteiger partial charge in [-0.1, -0.05) is 29.4 Å². The zero-order chi connectivity index (χ0) is 20.1. The number of halogens is 1. The van der Waals surface area contributed by atoms with Crippen LogP contribution in [0.15, 0.2) is 53.5 Å². The predicted octanol–water partition coefficient (Wildman–Crippen LogP) is 4.33. The molecule has 2 aromatic rings. The summed E-state index contributed by atoms with van der Waals surface area (Å²) < 4.78 is 5.17. The van der Waals surface area contributed by atoms with Crippen molar-refractivity contribution < 1.29 is 14.3 Å². The molecule has 8 heteroatoms. The Bertz CT molecular complexity index is 902. The van der Waals surface area contributed by atoms with Gasteiger partial charge >= 0.3 is 0 Å². The van der Waals surface area contributed by atoms with Gasteiger partial charge in [0.05, 0.1) is 12.8 Å². The zero-order valence-electron chi connectivity index (χ0n) is 15.5. The number of amidine groups is 1. The van der Waals surface area contributed by atoms with Crippen LogP contribution in [-0.4, -0.2) is 40.8 Å². The third-order valence-corrected chi connectivity index (χ3v) is 5.58. The molecule has 1 aliphatic heterocycles. The van der Waals surface area contributed by atoms with Crippen molar-refractivity contribution in [2.75, 3.05) is 19.0 Å². The molecule has 1 saturated heterocycles. The van der Waals surface area contributed by atoms with Crippen LogP contribution in [0.3, 0.4) is 0 Å². The molecule has 2 amide bonds. The number of anilines is 1. The third-order valence-electron chi connectivity index (χ3n) is 4.14. The SMILES string of the molecule is CCN1C(=O)CC(C(=O)Nc2cccc(OC)c2)SC1=Nc1ccc(Cl)cc1. The molecule has 0 radical (unpaired) electrons. The number of thioether (sulfide) groups is 1. The lowest BCUT2D eigenvalue weighted by Crippen LogP contribution is -2.45. The fourth-order valence-electron chi connectivity index (χ4n) is 2.70. The highest BCUT2D eigenvalue weighted by Crippen LogP contribution is 2.30. The molecule has 1 aliphatic rings. The van der Waals surface area contributed by atoms with E-state index in [1.807, 2.05) is 6.92 Å². The molecule has 0 spiro atoms. The number of hydrogen-bond donors (Lipinski definition) is 1. The van der Waals surface area contributed by atoms with Gasteiger partial charge in [0.15, 0.2) is 5.17 Å². The molecular formula is C20H20ClN3O3S. The van der Waals surface area contributed by atoms with Crippen molar-refractivity contribution in [2.24, 2.45) is 4.99 Å². The standard InChI is InChI=1S/C20H20ClN3O3S/c1-3-24-18(25)12-17(19(26)22-15-5-4-6-16(11-15)27-2)28-20(24)23-14-9-7-13(21)8-10-14/h4-11,17H,3,12H2,1-2H3,(H,22,26). The quantitative estimate of drug-likeness (QED) is 0.786. The van der Waals surface area contributed by atoms with Gasteiger partial charge in [-0.05, 0) is 43.3 Å². The third kappa shape index (κ3) is 4.85. The Morgan fingerprint density at radius 1 is 1.32 bits per heavy atom. The van der Waals surface area contributed by atoms with Crippen LogP contribution in [0, 0.1) is 0 Å². The minimum absolute atomic E-state index is 0.119. The van der Waals surface area contributed by atoms with Crippen LogP contribution in [0.5, 0.6) is 5.75 Å². The molecule has 1 heterocycles. The topological polar surface area (TPSA) is 71.0 Å². The first-order valence-electron chi connectivity index (χ1n) is 8.76. The first kappa shape index (κ1) is 20.2. The lowest BCUT2D eigenvalue weighted by Gasteiger charge is -2.30. The summed E-state index contributed by atoms with van der Waals surface area (Å²) in [5.41, 5.74) is 1.29. The Kier molecular flexibility index (Phi) is 6.59. The van der Waals surface area contributed by atoms with Crippen molar-refractivity contribution in [3.05, 3.63) is 53.6 Å². The number of carbonyl (C=O) groups excluding carboxylic acids is 2. The first-order valence-corrected chi connectivity index (χ1v) is 10.0. The monoisotopic (exact) mass is 417 g/mol. The van der Waals surface area contributed by atoms with Crippen LogP contribution in [0.4, 0.5) is 11.4 Å². The second-order valence-corrected chi connectivity index (χ2v) is 7.65. The molecule has 6 nitrogen and oxygen atoms in total. The van der Waals surface area contributed by atoms with E-state index >= 15 is 0 Å². The highest BCUT2D eigenvalue weighted by molar-refractivity contribution is 8.15. The molecule has 0 saturated carbocycles. The van der Waals surface area contributed by atoms with Crippen molar-refractivity contribution in [3.63, 3.8) is 0 Å². The second-order valence-electron chi connectivity index (χ2n) is 6.04. The number of aliphatic imine (C=N–C) groups is 1. The van der Waals surface area contributed by atoms with Gasteiger partial charge < -0.3 is 10.1 Å². The largest absolute Gasteiger partial charge is 0.497 e. The Balaban J connectivity index is 1.79. The summed E-state index contributed by atoms with van der Waals surface area (Å²) in [6.45, 7) is 2.37. The van der Waals surface area contributed by atoms with Gasteiger partial charge in [-0.3, -0.25) is 14.5 Å². The highest BCUT2D eigenvalue weighted by Gasteiger charge is 2.35. The van der Waals surface area contributed by atoms with E-state index in [4.69, 9.17) is 16.3 Å². The number of rotatable bonds is 5. The lowest BCUT2D eigenvalue weighted by molar-refractivity contribution is -0.129. The van der Waals surface area contributed by atoms with E-state index in [1.54, 1.807) is 60.5 Å². The van der Waals surface area contributed by atoms with E-state index < -0.39 is 5.25 Å². The normalized spacial score (nSPS) is 18.2. The molecular weight excluding hydrogens is 398 g/mol. The van der Waals surface area contributed by atoms with E-state index in [9.17, 15) is 9.59 Å². The van der Waals surface area contributed by atoms with Crippen LogP contribution < -0.4 is 10.1 Å². The van der Waals surface area contributed by atoms with Gasteiger partial charge in [-0.15, -0.1) is 0 Å². The minimum atomic E-state index is -0.562. The number of amides is 2.